The molecular formula is C23H24N2O2. The lowest BCUT2D eigenvalue weighted by molar-refractivity contribution is -0.123. The third-order valence-corrected chi connectivity index (χ3v) is 4.62. The molecule has 0 aliphatic carbocycles. The first-order chi connectivity index (χ1) is 13.0. The fourth-order valence-corrected chi connectivity index (χ4v) is 3.23. The third kappa shape index (κ3) is 4.94. The summed E-state index contributed by atoms with van der Waals surface area (Å²) < 4.78 is 0. The van der Waals surface area contributed by atoms with Crippen LogP contribution >= 0.6 is 0 Å². The Morgan fingerprint density at radius 3 is 2.19 bits per heavy atom. The molecule has 0 aromatic heterocycles. The molecule has 0 bridgehead atoms. The van der Waals surface area contributed by atoms with E-state index in [0.29, 0.717) is 0 Å². The summed E-state index contributed by atoms with van der Waals surface area (Å²) in [5.74, 6) is -0.252. The molecule has 0 heterocycles. The maximum Gasteiger partial charge on any atom is 0.222 e. The summed E-state index contributed by atoms with van der Waals surface area (Å²) >= 11 is 0. The minimum atomic E-state index is -0.340. The highest BCUT2D eigenvalue weighted by molar-refractivity contribution is 5.83. The van der Waals surface area contributed by atoms with Gasteiger partial charge in [0, 0.05) is 6.92 Å². The molecule has 0 fully saturated rings. The van der Waals surface area contributed by atoms with Crippen LogP contribution in [0.15, 0.2) is 72.8 Å². The minimum Gasteiger partial charge on any atom is -0.350 e. The molecule has 4 heteroatoms. The maximum absolute atomic E-state index is 12.6. The lowest BCUT2D eigenvalue weighted by atomic mass is 10.0. The Hall–Kier alpha value is -3.14. The van der Waals surface area contributed by atoms with Gasteiger partial charge >= 0.3 is 0 Å². The summed E-state index contributed by atoms with van der Waals surface area (Å²) in [5, 5.41) is 8.23. The first kappa shape index (κ1) is 18.6. The van der Waals surface area contributed by atoms with Gasteiger partial charge in [-0.3, -0.25) is 9.59 Å². The van der Waals surface area contributed by atoms with Gasteiger partial charge < -0.3 is 10.6 Å². The van der Waals surface area contributed by atoms with Crippen molar-refractivity contribution in [3.05, 3.63) is 83.9 Å². The van der Waals surface area contributed by atoms with E-state index in [1.54, 1.807) is 0 Å². The van der Waals surface area contributed by atoms with Gasteiger partial charge in [0.05, 0.1) is 18.5 Å². The second-order valence-electron chi connectivity index (χ2n) is 6.76. The molecule has 27 heavy (non-hydrogen) atoms. The highest BCUT2D eigenvalue weighted by Gasteiger charge is 2.18. The predicted molar refractivity (Wildman–Crippen MR) is 108 cm³/mol. The molecule has 0 saturated heterocycles. The van der Waals surface area contributed by atoms with E-state index in [4.69, 9.17) is 0 Å². The molecule has 0 spiro atoms. The monoisotopic (exact) mass is 360 g/mol. The fraction of sp³-hybridized carbons (Fsp3) is 0.217. The van der Waals surface area contributed by atoms with Crippen molar-refractivity contribution in [2.45, 2.75) is 32.4 Å². The van der Waals surface area contributed by atoms with Crippen LogP contribution in [0.3, 0.4) is 0 Å². The number of nitrogens with one attached hydrogen (secondary N) is 2. The van der Waals surface area contributed by atoms with Crippen LogP contribution in [0.4, 0.5) is 0 Å². The first-order valence-corrected chi connectivity index (χ1v) is 9.13. The Bertz CT molecular complexity index is 937. The zero-order chi connectivity index (χ0) is 19.2. The van der Waals surface area contributed by atoms with E-state index in [0.717, 1.165) is 16.5 Å². The third-order valence-electron chi connectivity index (χ3n) is 4.62. The molecule has 2 amide bonds. The van der Waals surface area contributed by atoms with Crippen molar-refractivity contribution in [3.63, 3.8) is 0 Å². The number of hydrogen-bond donors (Lipinski definition) is 2. The number of amides is 2. The molecule has 0 saturated carbocycles. The van der Waals surface area contributed by atoms with Gasteiger partial charge in [0.25, 0.3) is 0 Å². The van der Waals surface area contributed by atoms with Gasteiger partial charge in [-0.1, -0.05) is 66.7 Å². The minimum absolute atomic E-state index is 0.0988. The maximum atomic E-state index is 12.6. The summed E-state index contributed by atoms with van der Waals surface area (Å²) in [6.07, 6.45) is 0.196. The molecule has 0 radical (unpaired) electrons. The number of fused-ring (bicyclic) bond motifs is 1. The molecule has 3 aromatic carbocycles. The highest BCUT2D eigenvalue weighted by Crippen LogP contribution is 2.21. The largest absolute Gasteiger partial charge is 0.350 e. The van der Waals surface area contributed by atoms with E-state index in [-0.39, 0.29) is 30.3 Å². The SMILES string of the molecule is CC(=O)N[C@H](CC(=O)N[C@H](C)c1ccc2ccccc2c1)c1ccccc1. The zero-order valence-corrected chi connectivity index (χ0v) is 15.6. The number of carbonyl (C=O) groups excluding carboxylic acids is 2. The standard InChI is InChI=1S/C23H24N2O2/c1-16(20-13-12-18-8-6-7-11-21(18)14-20)24-23(27)15-22(25-17(2)26)19-9-4-3-5-10-19/h3-14,16,22H,15H2,1-2H3,(H,24,27)(H,25,26)/t16-,22-/m1/s1. The molecule has 0 unspecified atom stereocenters. The van der Waals surface area contributed by atoms with Crippen molar-refractivity contribution >= 4 is 22.6 Å². The summed E-state index contributed by atoms with van der Waals surface area (Å²) in [7, 11) is 0. The quantitative estimate of drug-likeness (QED) is 0.689. The predicted octanol–water partition coefficient (Wildman–Crippen LogP) is 4.28. The van der Waals surface area contributed by atoms with Crippen molar-refractivity contribution in [1.29, 1.82) is 0 Å². The normalized spacial score (nSPS) is 13.0. The zero-order valence-electron chi connectivity index (χ0n) is 15.6. The summed E-state index contributed by atoms with van der Waals surface area (Å²) in [5.41, 5.74) is 1.97. The van der Waals surface area contributed by atoms with E-state index in [2.05, 4.69) is 34.9 Å². The van der Waals surface area contributed by atoms with Crippen LogP contribution in [-0.4, -0.2) is 11.8 Å². The van der Waals surface area contributed by atoms with Gasteiger partial charge in [0.15, 0.2) is 0 Å². The van der Waals surface area contributed by atoms with Crippen LogP contribution in [0, 0.1) is 0 Å². The Kier molecular flexibility index (Phi) is 5.87. The van der Waals surface area contributed by atoms with Gasteiger partial charge in [-0.05, 0) is 34.9 Å². The molecule has 0 aliphatic rings. The number of rotatable bonds is 6. The summed E-state index contributed by atoms with van der Waals surface area (Å²) in [6, 6.07) is 23.5. The topological polar surface area (TPSA) is 58.2 Å². The number of benzene rings is 3. The van der Waals surface area contributed by atoms with Crippen LogP contribution in [0.5, 0.6) is 0 Å². The smallest absolute Gasteiger partial charge is 0.222 e. The average Bonchev–Trinajstić information content (AvgIpc) is 2.67. The Balaban J connectivity index is 1.69. The van der Waals surface area contributed by atoms with Crippen molar-refractivity contribution < 1.29 is 9.59 Å². The van der Waals surface area contributed by atoms with Gasteiger partial charge in [-0.2, -0.15) is 0 Å². The van der Waals surface area contributed by atoms with E-state index in [1.807, 2.05) is 55.5 Å². The summed E-state index contributed by atoms with van der Waals surface area (Å²) in [4.78, 5) is 24.1. The summed E-state index contributed by atoms with van der Waals surface area (Å²) in [6.45, 7) is 3.43. The van der Waals surface area contributed by atoms with Crippen molar-refractivity contribution in [2.75, 3.05) is 0 Å². The van der Waals surface area contributed by atoms with E-state index < -0.39 is 0 Å². The molecule has 138 valence electrons. The number of carbonyl (C=O) groups is 2. The molecule has 3 rings (SSSR count). The van der Waals surface area contributed by atoms with Gasteiger partial charge in [-0.25, -0.2) is 0 Å². The van der Waals surface area contributed by atoms with Crippen molar-refractivity contribution in [2.24, 2.45) is 0 Å². The lowest BCUT2D eigenvalue weighted by Crippen LogP contribution is -2.33. The Morgan fingerprint density at radius 1 is 0.815 bits per heavy atom. The Labute approximate surface area is 159 Å². The Morgan fingerprint density at radius 2 is 1.48 bits per heavy atom. The van der Waals surface area contributed by atoms with E-state index in [9.17, 15) is 9.59 Å². The molecular weight excluding hydrogens is 336 g/mol. The highest BCUT2D eigenvalue weighted by atomic mass is 16.2. The van der Waals surface area contributed by atoms with Crippen molar-refractivity contribution in [3.8, 4) is 0 Å². The van der Waals surface area contributed by atoms with Gasteiger partial charge in [0.1, 0.15) is 0 Å². The first-order valence-electron chi connectivity index (χ1n) is 9.13. The van der Waals surface area contributed by atoms with E-state index in [1.165, 1.54) is 12.3 Å². The second-order valence-corrected chi connectivity index (χ2v) is 6.76. The van der Waals surface area contributed by atoms with Crippen LogP contribution < -0.4 is 10.6 Å². The number of hydrogen-bond acceptors (Lipinski definition) is 2. The fourth-order valence-electron chi connectivity index (χ4n) is 3.23. The van der Waals surface area contributed by atoms with Crippen molar-refractivity contribution in [1.82, 2.24) is 10.6 Å². The van der Waals surface area contributed by atoms with Crippen LogP contribution in [-0.2, 0) is 9.59 Å². The molecule has 0 aliphatic heterocycles. The van der Waals surface area contributed by atoms with E-state index >= 15 is 0 Å². The van der Waals surface area contributed by atoms with Crippen LogP contribution in [0.2, 0.25) is 0 Å². The average molecular weight is 360 g/mol. The van der Waals surface area contributed by atoms with Crippen LogP contribution in [0.25, 0.3) is 10.8 Å². The van der Waals surface area contributed by atoms with Gasteiger partial charge in [0.2, 0.25) is 11.8 Å². The second kappa shape index (κ2) is 8.49. The van der Waals surface area contributed by atoms with Crippen LogP contribution in [0.1, 0.15) is 43.5 Å². The lowest BCUT2D eigenvalue weighted by Gasteiger charge is -2.20. The van der Waals surface area contributed by atoms with Gasteiger partial charge in [-0.15, -0.1) is 0 Å². The molecule has 2 N–H and O–H groups in total. The molecule has 2 atom stereocenters. The molecule has 4 nitrogen and oxygen atoms in total. The molecule has 3 aromatic rings.